The lowest BCUT2D eigenvalue weighted by molar-refractivity contribution is -0.119. The van der Waals surface area contributed by atoms with Gasteiger partial charge >= 0.3 is 0 Å². The summed E-state index contributed by atoms with van der Waals surface area (Å²) in [6.45, 7) is 4.19. The maximum Gasteiger partial charge on any atom is 0.251 e. The van der Waals surface area contributed by atoms with Crippen molar-refractivity contribution in [3.63, 3.8) is 0 Å². The molecule has 1 aromatic rings. The number of aryl methyl sites for hydroxylation is 1. The predicted octanol–water partition coefficient (Wildman–Crippen LogP) is 2.76. The van der Waals surface area contributed by atoms with Gasteiger partial charge in [0.1, 0.15) is 0 Å². The van der Waals surface area contributed by atoms with E-state index in [4.69, 9.17) is 0 Å². The fraction of sp³-hybridized carbons (Fsp3) is 0.722. The first-order valence-corrected chi connectivity index (χ1v) is 10.1. The normalized spacial score (nSPS) is 26.5. The molecule has 1 heterocycles. The number of aromatic nitrogens is 2. The number of aromatic amines is 1. The van der Waals surface area contributed by atoms with Crippen LogP contribution < -0.4 is 10.9 Å². The second-order valence-corrected chi connectivity index (χ2v) is 8.24. The number of fused-ring (bicyclic) bond motifs is 2. The van der Waals surface area contributed by atoms with Crippen LogP contribution in [0.25, 0.3) is 0 Å². The third-order valence-electron chi connectivity index (χ3n) is 5.44. The molecule has 2 fully saturated rings. The molecule has 24 heavy (non-hydrogen) atoms. The summed E-state index contributed by atoms with van der Waals surface area (Å²) < 4.78 is 0. The number of nitrogens with zero attached hydrogens (tertiary/aromatic N) is 1. The fourth-order valence-corrected chi connectivity index (χ4v) is 5.08. The molecule has 2 N–H and O–H groups in total. The summed E-state index contributed by atoms with van der Waals surface area (Å²) in [4.78, 5) is 31.0. The highest BCUT2D eigenvalue weighted by atomic mass is 32.2. The van der Waals surface area contributed by atoms with Gasteiger partial charge in [0, 0.05) is 17.8 Å². The van der Waals surface area contributed by atoms with Crippen LogP contribution in [0.3, 0.4) is 0 Å². The van der Waals surface area contributed by atoms with Gasteiger partial charge in [-0.05, 0) is 50.4 Å². The Morgan fingerprint density at radius 3 is 2.96 bits per heavy atom. The van der Waals surface area contributed by atoms with E-state index >= 15 is 0 Å². The highest BCUT2D eigenvalue weighted by Gasteiger charge is 2.42. The highest BCUT2D eigenvalue weighted by Crippen LogP contribution is 2.49. The summed E-state index contributed by atoms with van der Waals surface area (Å²) in [5, 5.41) is 3.69. The molecular formula is C18H27N3O2S. The molecule has 3 rings (SSSR count). The quantitative estimate of drug-likeness (QED) is 0.586. The van der Waals surface area contributed by atoms with Crippen LogP contribution in [-0.4, -0.2) is 27.7 Å². The third kappa shape index (κ3) is 4.21. The van der Waals surface area contributed by atoms with E-state index in [-0.39, 0.29) is 17.5 Å². The lowest BCUT2D eigenvalue weighted by Crippen LogP contribution is -2.41. The SMILES string of the molecule is CCCc1cc(=O)[nH]c(SCC(=O)N[C@H](C)[C@@H]2C[C@H]3CC[C@H]2C3)n1. The number of hydrogen-bond donors (Lipinski definition) is 2. The number of rotatable bonds is 7. The number of carbonyl (C=O) groups excluding carboxylic acids is 1. The van der Waals surface area contributed by atoms with Gasteiger partial charge in [-0.3, -0.25) is 9.59 Å². The van der Waals surface area contributed by atoms with Gasteiger partial charge in [-0.1, -0.05) is 31.5 Å². The van der Waals surface area contributed by atoms with E-state index in [2.05, 4.69) is 29.1 Å². The molecule has 0 saturated heterocycles. The van der Waals surface area contributed by atoms with E-state index in [0.717, 1.165) is 30.4 Å². The van der Waals surface area contributed by atoms with Crippen LogP contribution in [0.5, 0.6) is 0 Å². The zero-order valence-electron chi connectivity index (χ0n) is 14.5. The van der Waals surface area contributed by atoms with E-state index in [1.165, 1.54) is 43.5 Å². The van der Waals surface area contributed by atoms with E-state index < -0.39 is 0 Å². The van der Waals surface area contributed by atoms with Crippen molar-refractivity contribution < 1.29 is 4.79 Å². The lowest BCUT2D eigenvalue weighted by Gasteiger charge is -2.28. The molecule has 0 aromatic carbocycles. The van der Waals surface area contributed by atoms with Crippen LogP contribution in [0, 0.1) is 17.8 Å². The van der Waals surface area contributed by atoms with Crippen LogP contribution in [0.4, 0.5) is 0 Å². The van der Waals surface area contributed by atoms with Crippen molar-refractivity contribution >= 4 is 17.7 Å². The molecule has 2 saturated carbocycles. The Hall–Kier alpha value is -1.30. The number of H-pyrrole nitrogens is 1. The molecule has 4 atom stereocenters. The summed E-state index contributed by atoms with van der Waals surface area (Å²) in [6.07, 6.45) is 7.07. The molecule has 1 amide bonds. The van der Waals surface area contributed by atoms with Gasteiger partial charge in [0.15, 0.2) is 5.16 Å². The average Bonchev–Trinajstić information content (AvgIpc) is 3.16. The van der Waals surface area contributed by atoms with Gasteiger partial charge in [-0.2, -0.15) is 0 Å². The molecule has 132 valence electrons. The van der Waals surface area contributed by atoms with Crippen molar-refractivity contribution in [2.24, 2.45) is 17.8 Å². The first-order valence-electron chi connectivity index (χ1n) is 9.07. The highest BCUT2D eigenvalue weighted by molar-refractivity contribution is 7.99. The molecule has 2 aliphatic carbocycles. The molecular weight excluding hydrogens is 322 g/mol. The van der Waals surface area contributed by atoms with Crippen molar-refractivity contribution in [2.75, 3.05) is 5.75 Å². The average molecular weight is 350 g/mol. The second kappa shape index (κ2) is 7.72. The van der Waals surface area contributed by atoms with E-state index in [0.29, 0.717) is 16.8 Å². The number of hydrogen-bond acceptors (Lipinski definition) is 4. The topological polar surface area (TPSA) is 74.8 Å². The zero-order valence-corrected chi connectivity index (χ0v) is 15.3. The Bertz CT molecular complexity index is 645. The van der Waals surface area contributed by atoms with Crippen molar-refractivity contribution in [1.82, 2.24) is 15.3 Å². The summed E-state index contributed by atoms with van der Waals surface area (Å²) in [5.74, 6) is 2.66. The standard InChI is InChI=1S/C18H27N3O2S/c1-3-4-14-9-16(22)21-18(20-14)24-10-17(23)19-11(2)15-8-12-5-6-13(15)7-12/h9,11-13,15H,3-8,10H2,1-2H3,(H,19,23)(H,20,21,22)/t11-,12+,13+,15+/m1/s1. The first kappa shape index (κ1) is 17.5. The van der Waals surface area contributed by atoms with Crippen LogP contribution in [0.15, 0.2) is 16.0 Å². The largest absolute Gasteiger partial charge is 0.353 e. The molecule has 0 radical (unpaired) electrons. The van der Waals surface area contributed by atoms with Gasteiger partial charge in [0.25, 0.3) is 5.56 Å². The van der Waals surface area contributed by atoms with Crippen molar-refractivity contribution in [1.29, 1.82) is 0 Å². The summed E-state index contributed by atoms with van der Waals surface area (Å²) in [5.41, 5.74) is 0.645. The summed E-state index contributed by atoms with van der Waals surface area (Å²) >= 11 is 1.30. The minimum atomic E-state index is -0.147. The molecule has 0 aliphatic heterocycles. The number of nitrogens with one attached hydrogen (secondary N) is 2. The number of thioether (sulfide) groups is 1. The number of amides is 1. The Labute approximate surface area is 147 Å². The third-order valence-corrected chi connectivity index (χ3v) is 6.32. The fourth-order valence-electron chi connectivity index (χ4n) is 4.38. The lowest BCUT2D eigenvalue weighted by atomic mass is 9.84. The Morgan fingerprint density at radius 2 is 2.29 bits per heavy atom. The molecule has 5 nitrogen and oxygen atoms in total. The van der Waals surface area contributed by atoms with Crippen molar-refractivity contribution in [2.45, 2.75) is 63.6 Å². The molecule has 0 unspecified atom stereocenters. The van der Waals surface area contributed by atoms with E-state index in [1.807, 2.05) is 0 Å². The molecule has 6 heteroatoms. The number of carbonyl (C=O) groups is 1. The van der Waals surface area contributed by atoms with Crippen LogP contribution in [-0.2, 0) is 11.2 Å². The van der Waals surface area contributed by atoms with Gasteiger partial charge in [0.2, 0.25) is 5.91 Å². The Kier molecular flexibility index (Phi) is 5.64. The smallest absolute Gasteiger partial charge is 0.251 e. The minimum absolute atomic E-state index is 0.0267. The predicted molar refractivity (Wildman–Crippen MR) is 96.1 cm³/mol. The van der Waals surface area contributed by atoms with Crippen LogP contribution in [0.2, 0.25) is 0 Å². The Morgan fingerprint density at radius 1 is 1.46 bits per heavy atom. The second-order valence-electron chi connectivity index (χ2n) is 7.28. The summed E-state index contributed by atoms with van der Waals surface area (Å²) in [6, 6.07) is 1.78. The van der Waals surface area contributed by atoms with E-state index in [9.17, 15) is 9.59 Å². The molecule has 2 bridgehead atoms. The zero-order chi connectivity index (χ0) is 17.1. The maximum atomic E-state index is 12.2. The van der Waals surface area contributed by atoms with Crippen molar-refractivity contribution in [3.05, 3.63) is 22.1 Å². The first-order chi connectivity index (χ1) is 11.5. The Balaban J connectivity index is 1.49. The molecule has 2 aliphatic rings. The monoisotopic (exact) mass is 349 g/mol. The maximum absolute atomic E-state index is 12.2. The minimum Gasteiger partial charge on any atom is -0.353 e. The van der Waals surface area contributed by atoms with Gasteiger partial charge in [-0.15, -0.1) is 0 Å². The van der Waals surface area contributed by atoms with Crippen LogP contribution >= 0.6 is 11.8 Å². The molecule has 0 spiro atoms. The molecule has 1 aromatic heterocycles. The van der Waals surface area contributed by atoms with Gasteiger partial charge < -0.3 is 10.3 Å². The van der Waals surface area contributed by atoms with E-state index in [1.54, 1.807) is 0 Å². The van der Waals surface area contributed by atoms with Crippen molar-refractivity contribution in [3.8, 4) is 0 Å². The van der Waals surface area contributed by atoms with Gasteiger partial charge in [-0.25, -0.2) is 4.98 Å². The van der Waals surface area contributed by atoms with Crippen LogP contribution in [0.1, 0.15) is 51.6 Å². The van der Waals surface area contributed by atoms with Gasteiger partial charge in [0.05, 0.1) is 5.75 Å². The summed E-state index contributed by atoms with van der Waals surface area (Å²) in [7, 11) is 0.